The number of likely N-dealkylation sites (tertiary alicyclic amines) is 1. The highest BCUT2D eigenvalue weighted by molar-refractivity contribution is 5.95. The van der Waals surface area contributed by atoms with Crippen molar-refractivity contribution in [1.82, 2.24) is 4.90 Å². The van der Waals surface area contributed by atoms with Crippen molar-refractivity contribution in [2.75, 3.05) is 26.3 Å². The number of amides is 1. The highest BCUT2D eigenvalue weighted by atomic mass is 16.5. The second kappa shape index (κ2) is 8.57. The van der Waals surface area contributed by atoms with Gasteiger partial charge in [-0.3, -0.25) is 9.59 Å². The molecule has 0 radical (unpaired) electrons. The zero-order chi connectivity index (χ0) is 17.5. The van der Waals surface area contributed by atoms with Crippen molar-refractivity contribution < 1.29 is 24.2 Å². The molecule has 0 aromatic heterocycles. The van der Waals surface area contributed by atoms with Gasteiger partial charge in [-0.15, -0.1) is 0 Å². The Morgan fingerprint density at radius 1 is 1.25 bits per heavy atom. The number of carboxylic acid groups (broad SMARTS) is 1. The van der Waals surface area contributed by atoms with Crippen LogP contribution in [0.3, 0.4) is 0 Å². The van der Waals surface area contributed by atoms with Crippen molar-refractivity contribution in [1.29, 1.82) is 0 Å². The van der Waals surface area contributed by atoms with Gasteiger partial charge >= 0.3 is 5.97 Å². The second-order valence-corrected chi connectivity index (χ2v) is 5.87. The molecule has 1 amide bonds. The minimum absolute atomic E-state index is 0.163. The fourth-order valence-corrected chi connectivity index (χ4v) is 2.79. The predicted molar refractivity (Wildman–Crippen MR) is 89.7 cm³/mol. The maximum atomic E-state index is 12.7. The van der Waals surface area contributed by atoms with Crippen LogP contribution < -0.4 is 9.47 Å². The van der Waals surface area contributed by atoms with Gasteiger partial charge in [-0.1, -0.05) is 6.92 Å². The van der Waals surface area contributed by atoms with E-state index in [1.165, 1.54) is 0 Å². The molecule has 1 atom stereocenters. The van der Waals surface area contributed by atoms with Crippen molar-refractivity contribution >= 4 is 11.9 Å². The predicted octanol–water partition coefficient (Wildman–Crippen LogP) is 2.81. The van der Waals surface area contributed by atoms with Crippen molar-refractivity contribution in [2.24, 2.45) is 5.92 Å². The first kappa shape index (κ1) is 18.1. The molecule has 0 bridgehead atoms. The standard InChI is InChI=1S/C18H25NO5/c1-3-10-24-15-8-7-13(11-16(15)23-4-2)17(20)19-9-5-6-14(12-19)18(21)22/h7-8,11,14H,3-6,9-10,12H2,1-2H3,(H,21,22). The van der Waals surface area contributed by atoms with Gasteiger partial charge < -0.3 is 19.5 Å². The molecule has 1 heterocycles. The molecule has 6 nitrogen and oxygen atoms in total. The lowest BCUT2D eigenvalue weighted by Gasteiger charge is -2.30. The molecule has 0 saturated carbocycles. The maximum Gasteiger partial charge on any atom is 0.308 e. The SMILES string of the molecule is CCCOc1ccc(C(=O)N2CCCC(C(=O)O)C2)cc1OCC. The molecule has 1 fully saturated rings. The van der Waals surface area contributed by atoms with Gasteiger partial charge in [0.15, 0.2) is 11.5 Å². The molecule has 24 heavy (non-hydrogen) atoms. The third-order valence-electron chi connectivity index (χ3n) is 4.01. The fraction of sp³-hybridized carbons (Fsp3) is 0.556. The molecule has 1 N–H and O–H groups in total. The van der Waals surface area contributed by atoms with Crippen molar-refractivity contribution in [3.05, 3.63) is 23.8 Å². The minimum atomic E-state index is -0.842. The third kappa shape index (κ3) is 4.40. The number of ether oxygens (including phenoxy) is 2. The molecule has 1 aromatic rings. The van der Waals surface area contributed by atoms with Crippen LogP contribution in [0.1, 0.15) is 43.5 Å². The van der Waals surface area contributed by atoms with Crippen LogP contribution in [0.5, 0.6) is 11.5 Å². The Labute approximate surface area is 142 Å². The maximum absolute atomic E-state index is 12.7. The number of carboxylic acids is 1. The summed E-state index contributed by atoms with van der Waals surface area (Å²) in [4.78, 5) is 25.5. The van der Waals surface area contributed by atoms with Crippen LogP contribution in [-0.2, 0) is 4.79 Å². The summed E-state index contributed by atoms with van der Waals surface area (Å²) in [7, 11) is 0. The summed E-state index contributed by atoms with van der Waals surface area (Å²) < 4.78 is 11.2. The Balaban J connectivity index is 2.16. The van der Waals surface area contributed by atoms with E-state index in [9.17, 15) is 9.59 Å². The number of nitrogens with zero attached hydrogens (tertiary/aromatic N) is 1. The van der Waals surface area contributed by atoms with Gasteiger partial charge in [0.05, 0.1) is 19.1 Å². The number of hydrogen-bond donors (Lipinski definition) is 1. The Morgan fingerprint density at radius 3 is 2.71 bits per heavy atom. The highest BCUT2D eigenvalue weighted by Crippen LogP contribution is 2.30. The van der Waals surface area contributed by atoms with E-state index >= 15 is 0 Å². The highest BCUT2D eigenvalue weighted by Gasteiger charge is 2.29. The number of benzene rings is 1. The van der Waals surface area contributed by atoms with E-state index in [2.05, 4.69) is 0 Å². The molecule has 1 unspecified atom stereocenters. The third-order valence-corrected chi connectivity index (χ3v) is 4.01. The molecule has 132 valence electrons. The number of carbonyl (C=O) groups is 2. The van der Waals surface area contributed by atoms with Crippen molar-refractivity contribution in [3.8, 4) is 11.5 Å². The van der Waals surface area contributed by atoms with E-state index < -0.39 is 11.9 Å². The number of hydrogen-bond acceptors (Lipinski definition) is 4. The Kier molecular flexibility index (Phi) is 6.46. The normalized spacial score (nSPS) is 17.4. The summed E-state index contributed by atoms with van der Waals surface area (Å²) in [5.41, 5.74) is 0.494. The van der Waals surface area contributed by atoms with Gasteiger partial charge in [0.1, 0.15) is 0 Å². The number of rotatable bonds is 7. The van der Waals surface area contributed by atoms with Crippen LogP contribution in [0.2, 0.25) is 0 Å². The number of aliphatic carboxylic acids is 1. The largest absolute Gasteiger partial charge is 0.490 e. The summed E-state index contributed by atoms with van der Waals surface area (Å²) >= 11 is 0. The molecule has 1 aliphatic heterocycles. The van der Waals surface area contributed by atoms with Gasteiger partial charge in [-0.25, -0.2) is 0 Å². The zero-order valence-corrected chi connectivity index (χ0v) is 14.3. The summed E-state index contributed by atoms with van der Waals surface area (Å²) in [5.74, 6) is -0.322. The van der Waals surface area contributed by atoms with Crippen LogP contribution in [0.4, 0.5) is 0 Å². The van der Waals surface area contributed by atoms with E-state index in [1.807, 2.05) is 13.8 Å². The molecular formula is C18H25NO5. The van der Waals surface area contributed by atoms with E-state index in [1.54, 1.807) is 23.1 Å². The van der Waals surface area contributed by atoms with Crippen LogP contribution in [0, 0.1) is 5.92 Å². The van der Waals surface area contributed by atoms with Crippen LogP contribution >= 0.6 is 0 Å². The molecule has 2 rings (SSSR count). The average Bonchev–Trinajstić information content (AvgIpc) is 2.60. The molecule has 1 saturated heterocycles. The Hall–Kier alpha value is -2.24. The summed E-state index contributed by atoms with van der Waals surface area (Å²) in [5, 5.41) is 9.17. The second-order valence-electron chi connectivity index (χ2n) is 5.87. The molecule has 0 spiro atoms. The van der Waals surface area contributed by atoms with Crippen LogP contribution in [0.15, 0.2) is 18.2 Å². The Morgan fingerprint density at radius 2 is 2.04 bits per heavy atom. The first-order valence-electron chi connectivity index (χ1n) is 8.48. The number of carbonyl (C=O) groups excluding carboxylic acids is 1. The van der Waals surface area contributed by atoms with Crippen molar-refractivity contribution in [3.63, 3.8) is 0 Å². The molecule has 6 heteroatoms. The van der Waals surface area contributed by atoms with E-state index in [0.717, 1.165) is 6.42 Å². The first-order chi connectivity index (χ1) is 11.6. The van der Waals surface area contributed by atoms with Gasteiger partial charge in [-0.05, 0) is 44.4 Å². The minimum Gasteiger partial charge on any atom is -0.490 e. The summed E-state index contributed by atoms with van der Waals surface area (Å²) in [6.45, 7) is 5.80. The van der Waals surface area contributed by atoms with Gasteiger partial charge in [0.25, 0.3) is 5.91 Å². The first-order valence-corrected chi connectivity index (χ1v) is 8.48. The molecular weight excluding hydrogens is 310 g/mol. The lowest BCUT2D eigenvalue weighted by Crippen LogP contribution is -2.42. The van der Waals surface area contributed by atoms with Crippen molar-refractivity contribution in [2.45, 2.75) is 33.1 Å². The smallest absolute Gasteiger partial charge is 0.308 e. The molecule has 1 aliphatic rings. The fourth-order valence-electron chi connectivity index (χ4n) is 2.79. The average molecular weight is 335 g/mol. The van der Waals surface area contributed by atoms with Gasteiger partial charge in [0, 0.05) is 18.7 Å². The Bertz CT molecular complexity index is 587. The molecule has 1 aromatic carbocycles. The zero-order valence-electron chi connectivity index (χ0n) is 14.3. The van der Waals surface area contributed by atoms with E-state index in [0.29, 0.717) is 49.7 Å². The molecule has 0 aliphatic carbocycles. The summed E-state index contributed by atoms with van der Waals surface area (Å²) in [6.07, 6.45) is 2.21. The van der Waals surface area contributed by atoms with Crippen LogP contribution in [-0.4, -0.2) is 48.2 Å². The number of piperidine rings is 1. The lowest BCUT2D eigenvalue weighted by molar-refractivity contribution is -0.143. The monoisotopic (exact) mass is 335 g/mol. The van der Waals surface area contributed by atoms with E-state index in [-0.39, 0.29) is 12.5 Å². The quantitative estimate of drug-likeness (QED) is 0.829. The lowest BCUT2D eigenvalue weighted by atomic mass is 9.97. The van der Waals surface area contributed by atoms with Crippen LogP contribution in [0.25, 0.3) is 0 Å². The van der Waals surface area contributed by atoms with Gasteiger partial charge in [-0.2, -0.15) is 0 Å². The van der Waals surface area contributed by atoms with E-state index in [4.69, 9.17) is 14.6 Å². The summed E-state index contributed by atoms with van der Waals surface area (Å²) in [6, 6.07) is 5.13. The topological polar surface area (TPSA) is 76.1 Å². The van der Waals surface area contributed by atoms with Gasteiger partial charge in [0.2, 0.25) is 0 Å².